The van der Waals surface area contributed by atoms with Crippen LogP contribution in [0.25, 0.3) is 11.0 Å². The zero-order valence-corrected chi connectivity index (χ0v) is 29.2. The van der Waals surface area contributed by atoms with Gasteiger partial charge in [-0.1, -0.05) is 103 Å². The monoisotopic (exact) mass is 723 g/mol. The number of hydrogen-bond acceptors (Lipinski definition) is 10. The normalized spacial score (nSPS) is 14.7. The topological polar surface area (TPSA) is 115 Å². The maximum Gasteiger partial charge on any atom is 0.296 e. The Labute approximate surface area is 295 Å². The average molecular weight is 725 g/mol. The molecule has 9 nitrogen and oxygen atoms in total. The molecule has 0 fully saturated rings. The second kappa shape index (κ2) is 15.0. The minimum absolute atomic E-state index is 0.0453. The zero-order chi connectivity index (χ0) is 33.8. The summed E-state index contributed by atoms with van der Waals surface area (Å²) in [5.41, 5.74) is 1.68. The number of para-hydroxylation sites is 1. The van der Waals surface area contributed by atoms with Gasteiger partial charge in [-0.2, -0.15) is 0 Å². The molecule has 3 aromatic carbocycles. The molecule has 248 valence electrons. The molecule has 1 aliphatic heterocycles. The van der Waals surface area contributed by atoms with Gasteiger partial charge in [0.25, 0.3) is 5.91 Å². The first-order valence-corrected chi connectivity index (χ1v) is 17.9. The lowest BCUT2D eigenvalue weighted by molar-refractivity contribution is -0.117. The molecule has 0 spiro atoms. The number of aliphatic hydroxyl groups is 1. The summed E-state index contributed by atoms with van der Waals surface area (Å²) in [5.74, 6) is -0.547. The van der Waals surface area contributed by atoms with Gasteiger partial charge in [0.1, 0.15) is 5.75 Å². The number of thioether (sulfide) groups is 1. The number of rotatable bonds is 14. The van der Waals surface area contributed by atoms with Crippen LogP contribution in [-0.4, -0.2) is 40.7 Å². The molecular formula is C35H31Cl2N3O6S2. The molecule has 1 unspecified atom stereocenters. The molecule has 1 amide bonds. The highest BCUT2D eigenvalue weighted by Gasteiger charge is 2.47. The number of nitrogens with zero attached hydrogens (tertiary/aromatic N) is 3. The number of carbonyl (C=O) groups excluding carboxylic acids is 2. The number of benzene rings is 3. The second-order valence-electron chi connectivity index (χ2n) is 11.0. The molecule has 1 N–H and O–H groups in total. The number of carbonyl (C=O) groups is 2. The van der Waals surface area contributed by atoms with Crippen molar-refractivity contribution in [1.82, 2.24) is 10.2 Å². The highest BCUT2D eigenvalue weighted by Crippen LogP contribution is 2.45. The fourth-order valence-corrected chi connectivity index (χ4v) is 7.82. The van der Waals surface area contributed by atoms with Gasteiger partial charge in [-0.05, 0) is 53.9 Å². The largest absolute Gasteiger partial charge is 0.503 e. The van der Waals surface area contributed by atoms with E-state index in [-0.39, 0.29) is 16.5 Å². The highest BCUT2D eigenvalue weighted by atomic mass is 35.5. The third-order valence-electron chi connectivity index (χ3n) is 7.84. The number of aromatic nitrogens is 2. The summed E-state index contributed by atoms with van der Waals surface area (Å²) < 4.78 is 17.8. The van der Waals surface area contributed by atoms with E-state index in [1.807, 2.05) is 6.07 Å². The van der Waals surface area contributed by atoms with E-state index in [4.69, 9.17) is 37.1 Å². The molecule has 1 aliphatic rings. The summed E-state index contributed by atoms with van der Waals surface area (Å²) in [4.78, 5) is 29.2. The van der Waals surface area contributed by atoms with Crippen LogP contribution in [0.3, 0.4) is 0 Å². The Morgan fingerprint density at radius 2 is 1.88 bits per heavy atom. The maximum atomic E-state index is 14.1. The van der Waals surface area contributed by atoms with Crippen LogP contribution < -0.4 is 14.4 Å². The number of furan rings is 1. The molecule has 2 aromatic heterocycles. The van der Waals surface area contributed by atoms with E-state index in [1.165, 1.54) is 23.8 Å². The smallest absolute Gasteiger partial charge is 0.296 e. The summed E-state index contributed by atoms with van der Waals surface area (Å²) in [6, 6.07) is 18.2. The minimum Gasteiger partial charge on any atom is -0.503 e. The summed E-state index contributed by atoms with van der Waals surface area (Å²) in [7, 11) is 1.51. The van der Waals surface area contributed by atoms with Crippen molar-refractivity contribution in [2.75, 3.05) is 18.6 Å². The third-order valence-corrected chi connectivity index (χ3v) is 10.5. The molecule has 3 heterocycles. The summed E-state index contributed by atoms with van der Waals surface area (Å²) in [6.07, 6.45) is 4.32. The SMILES string of the molecule is CCCCCCOc1ccc(C2C(C(=O)c3cc4cccc(OC)c4o3)=C(O)C(=O)N2c2nnc(SCc3ccc(Cl)cc3Cl)s2)cc1. The van der Waals surface area contributed by atoms with Crippen molar-refractivity contribution in [2.45, 2.75) is 48.7 Å². The van der Waals surface area contributed by atoms with Crippen molar-refractivity contribution in [2.24, 2.45) is 0 Å². The van der Waals surface area contributed by atoms with Gasteiger partial charge in [0.2, 0.25) is 10.9 Å². The van der Waals surface area contributed by atoms with E-state index >= 15 is 0 Å². The minimum atomic E-state index is -1.02. The Hall–Kier alpha value is -4.03. The Morgan fingerprint density at radius 3 is 2.62 bits per heavy atom. The number of anilines is 1. The Bertz CT molecular complexity index is 1990. The van der Waals surface area contributed by atoms with E-state index in [0.717, 1.165) is 42.6 Å². The van der Waals surface area contributed by atoms with Gasteiger partial charge in [-0.15, -0.1) is 10.2 Å². The summed E-state index contributed by atoms with van der Waals surface area (Å²) in [5, 5.41) is 21.8. The van der Waals surface area contributed by atoms with E-state index < -0.39 is 23.5 Å². The van der Waals surface area contributed by atoms with Crippen LogP contribution in [0, 0.1) is 0 Å². The van der Waals surface area contributed by atoms with Crippen LogP contribution in [0.1, 0.15) is 60.3 Å². The number of aliphatic hydroxyl groups excluding tert-OH is 1. The van der Waals surface area contributed by atoms with E-state index in [0.29, 0.717) is 54.8 Å². The predicted molar refractivity (Wildman–Crippen MR) is 189 cm³/mol. The van der Waals surface area contributed by atoms with E-state index in [2.05, 4.69) is 17.1 Å². The number of unbranched alkanes of at least 4 members (excludes halogenated alkanes) is 3. The average Bonchev–Trinajstić information content (AvgIpc) is 3.80. The molecule has 0 bridgehead atoms. The number of ether oxygens (including phenoxy) is 2. The second-order valence-corrected chi connectivity index (χ2v) is 14.0. The third kappa shape index (κ3) is 7.05. The number of ketones is 1. The molecule has 48 heavy (non-hydrogen) atoms. The number of Topliss-reactive ketones (excluding diaryl/α,β-unsaturated/α-hetero) is 1. The molecule has 0 aliphatic carbocycles. The molecule has 1 atom stereocenters. The van der Waals surface area contributed by atoms with Gasteiger partial charge in [0.05, 0.1) is 25.3 Å². The maximum absolute atomic E-state index is 14.1. The van der Waals surface area contributed by atoms with Crippen LogP contribution >= 0.6 is 46.3 Å². The fourth-order valence-electron chi connectivity index (χ4n) is 5.39. The zero-order valence-electron chi connectivity index (χ0n) is 26.1. The lowest BCUT2D eigenvalue weighted by atomic mass is 9.95. The molecule has 0 radical (unpaired) electrons. The summed E-state index contributed by atoms with van der Waals surface area (Å²) >= 11 is 14.9. The predicted octanol–water partition coefficient (Wildman–Crippen LogP) is 9.63. The van der Waals surface area contributed by atoms with E-state index in [9.17, 15) is 14.7 Å². The number of fused-ring (bicyclic) bond motifs is 1. The van der Waals surface area contributed by atoms with Gasteiger partial charge in [-0.3, -0.25) is 14.5 Å². The number of hydrogen-bond donors (Lipinski definition) is 1. The first-order valence-electron chi connectivity index (χ1n) is 15.3. The van der Waals surface area contributed by atoms with Crippen LogP contribution in [0.4, 0.5) is 5.13 Å². The standard InChI is InChI=1S/C35H31Cl2N3O6S2/c1-3-4-5-6-16-45-24-14-11-20(12-15-24)29-28(30(41)27-17-21-8-7-9-26(44-2)32(21)46-27)31(42)33(43)40(29)34-38-39-35(48-34)47-19-22-10-13-23(36)18-25(22)37/h7-15,17-18,29,42H,3-6,16,19H2,1-2H3. The van der Waals surface area contributed by atoms with Crippen molar-refractivity contribution in [3.05, 3.63) is 105 Å². The number of methoxy groups -OCH3 is 1. The van der Waals surface area contributed by atoms with Gasteiger partial charge in [0, 0.05) is 21.2 Å². The molecule has 0 saturated carbocycles. The van der Waals surface area contributed by atoms with Gasteiger partial charge < -0.3 is 19.0 Å². The fraction of sp³-hybridized carbons (Fsp3) is 0.257. The Morgan fingerprint density at radius 1 is 1.06 bits per heavy atom. The molecular weight excluding hydrogens is 693 g/mol. The first-order chi connectivity index (χ1) is 23.3. The number of halogens is 2. The van der Waals surface area contributed by atoms with Gasteiger partial charge in [0.15, 0.2) is 27.2 Å². The lowest BCUT2D eigenvalue weighted by Gasteiger charge is -2.24. The quantitative estimate of drug-likeness (QED) is 0.0517. The van der Waals surface area contributed by atoms with Crippen molar-refractivity contribution < 1.29 is 28.6 Å². The highest BCUT2D eigenvalue weighted by molar-refractivity contribution is 8.00. The molecule has 5 aromatic rings. The molecule has 0 saturated heterocycles. The summed E-state index contributed by atoms with van der Waals surface area (Å²) in [6.45, 7) is 2.74. The van der Waals surface area contributed by atoms with Gasteiger partial charge in [-0.25, -0.2) is 0 Å². The molecule has 13 heteroatoms. The Balaban J connectivity index is 1.32. The van der Waals surface area contributed by atoms with Crippen LogP contribution in [0.15, 0.2) is 86.8 Å². The van der Waals surface area contributed by atoms with Crippen molar-refractivity contribution in [3.8, 4) is 11.5 Å². The van der Waals surface area contributed by atoms with E-state index in [1.54, 1.807) is 60.7 Å². The number of amides is 1. The van der Waals surface area contributed by atoms with Crippen LogP contribution in [-0.2, 0) is 10.5 Å². The molecule has 6 rings (SSSR count). The van der Waals surface area contributed by atoms with Crippen molar-refractivity contribution >= 4 is 74.1 Å². The first kappa shape index (κ1) is 33.9. The lowest BCUT2D eigenvalue weighted by Crippen LogP contribution is -2.31. The van der Waals surface area contributed by atoms with Crippen LogP contribution in [0.2, 0.25) is 10.0 Å². The van der Waals surface area contributed by atoms with Gasteiger partial charge >= 0.3 is 0 Å². The Kier molecular flexibility index (Phi) is 10.6. The van der Waals surface area contributed by atoms with Crippen molar-refractivity contribution in [3.63, 3.8) is 0 Å². The van der Waals surface area contributed by atoms with Crippen LogP contribution in [0.5, 0.6) is 11.5 Å². The van der Waals surface area contributed by atoms with Crippen molar-refractivity contribution in [1.29, 1.82) is 0 Å².